The zero-order valence-electron chi connectivity index (χ0n) is 12.8. The first-order valence-corrected chi connectivity index (χ1v) is 8.37. The molecule has 0 saturated heterocycles. The number of amides is 2. The van der Waals surface area contributed by atoms with Crippen molar-refractivity contribution >= 4 is 12.0 Å². The highest BCUT2D eigenvalue weighted by molar-refractivity contribution is 5.76. The number of carboxylic acids is 1. The normalized spacial score (nSPS) is 22.5. The summed E-state index contributed by atoms with van der Waals surface area (Å²) < 4.78 is 0. The van der Waals surface area contributed by atoms with Gasteiger partial charge in [0, 0.05) is 6.54 Å². The van der Waals surface area contributed by atoms with Crippen molar-refractivity contribution in [1.82, 2.24) is 10.6 Å². The molecule has 0 aromatic rings. The molecule has 2 fully saturated rings. The number of carboxylic acid groups (broad SMARTS) is 1. The van der Waals surface area contributed by atoms with Gasteiger partial charge in [-0.15, -0.1) is 0 Å². The lowest BCUT2D eigenvalue weighted by molar-refractivity contribution is -0.139. The fraction of sp³-hybridized carbons (Fsp3) is 0.875. The average molecular weight is 296 g/mol. The minimum Gasteiger partial charge on any atom is -0.481 e. The van der Waals surface area contributed by atoms with Crippen molar-refractivity contribution in [3.05, 3.63) is 0 Å². The Labute approximate surface area is 126 Å². The van der Waals surface area contributed by atoms with E-state index in [9.17, 15) is 9.59 Å². The molecule has 120 valence electrons. The third-order valence-corrected chi connectivity index (χ3v) is 4.96. The highest BCUT2D eigenvalue weighted by Gasteiger charge is 2.35. The first-order valence-electron chi connectivity index (χ1n) is 8.37. The van der Waals surface area contributed by atoms with Crippen LogP contribution < -0.4 is 10.6 Å². The van der Waals surface area contributed by atoms with E-state index in [0.717, 1.165) is 38.6 Å². The van der Waals surface area contributed by atoms with Crippen LogP contribution in [-0.2, 0) is 4.79 Å². The number of carbonyl (C=O) groups excluding carboxylic acids is 1. The third-order valence-electron chi connectivity index (χ3n) is 4.96. The van der Waals surface area contributed by atoms with E-state index >= 15 is 0 Å². The topological polar surface area (TPSA) is 78.4 Å². The Bertz CT molecular complexity index is 359. The van der Waals surface area contributed by atoms with Gasteiger partial charge in [-0.25, -0.2) is 4.79 Å². The second-order valence-electron chi connectivity index (χ2n) is 6.75. The predicted octanol–water partition coefficient (Wildman–Crippen LogP) is 3.04. The number of urea groups is 1. The summed E-state index contributed by atoms with van der Waals surface area (Å²) in [6.45, 7) is 0.717. The Balaban J connectivity index is 1.81. The SMILES string of the molecule is O=C(O)CC1(NC(=O)NCC2CCCCC2)CCCCC1. The van der Waals surface area contributed by atoms with Crippen LogP contribution in [0.2, 0.25) is 0 Å². The number of hydrogen-bond acceptors (Lipinski definition) is 2. The van der Waals surface area contributed by atoms with Crippen LogP contribution in [0.1, 0.15) is 70.6 Å². The highest BCUT2D eigenvalue weighted by atomic mass is 16.4. The molecule has 0 radical (unpaired) electrons. The molecule has 0 bridgehead atoms. The quantitative estimate of drug-likeness (QED) is 0.729. The summed E-state index contributed by atoms with van der Waals surface area (Å²) in [5, 5.41) is 15.0. The predicted molar refractivity (Wildman–Crippen MR) is 81.2 cm³/mol. The molecule has 5 nitrogen and oxygen atoms in total. The summed E-state index contributed by atoms with van der Waals surface area (Å²) in [5.74, 6) is -0.240. The molecule has 0 aromatic carbocycles. The van der Waals surface area contributed by atoms with Crippen molar-refractivity contribution in [2.45, 2.75) is 76.2 Å². The number of rotatable bonds is 5. The Kier molecular flexibility index (Phi) is 5.88. The minimum absolute atomic E-state index is 0.0316. The summed E-state index contributed by atoms with van der Waals surface area (Å²) in [4.78, 5) is 23.2. The van der Waals surface area contributed by atoms with E-state index in [-0.39, 0.29) is 12.5 Å². The number of aliphatic carboxylic acids is 1. The molecule has 5 heteroatoms. The van der Waals surface area contributed by atoms with E-state index < -0.39 is 11.5 Å². The molecule has 0 atom stereocenters. The van der Waals surface area contributed by atoms with Crippen LogP contribution in [0.25, 0.3) is 0 Å². The van der Waals surface area contributed by atoms with Gasteiger partial charge in [0.1, 0.15) is 0 Å². The van der Waals surface area contributed by atoms with Gasteiger partial charge in [0.05, 0.1) is 12.0 Å². The molecule has 0 aliphatic heterocycles. The zero-order chi connectivity index (χ0) is 15.1. The van der Waals surface area contributed by atoms with Crippen molar-refractivity contribution in [3.63, 3.8) is 0 Å². The van der Waals surface area contributed by atoms with Gasteiger partial charge in [0.2, 0.25) is 0 Å². The van der Waals surface area contributed by atoms with Gasteiger partial charge < -0.3 is 15.7 Å². The van der Waals surface area contributed by atoms with E-state index in [0.29, 0.717) is 5.92 Å². The van der Waals surface area contributed by atoms with Crippen LogP contribution in [-0.4, -0.2) is 29.2 Å². The zero-order valence-corrected chi connectivity index (χ0v) is 12.8. The van der Waals surface area contributed by atoms with Gasteiger partial charge in [-0.1, -0.05) is 38.5 Å². The maximum Gasteiger partial charge on any atom is 0.315 e. The largest absolute Gasteiger partial charge is 0.481 e. The first-order chi connectivity index (χ1) is 10.1. The molecule has 0 spiro atoms. The molecule has 3 N–H and O–H groups in total. The van der Waals surface area contributed by atoms with Crippen LogP contribution in [0.3, 0.4) is 0 Å². The molecule has 0 unspecified atom stereocenters. The summed E-state index contributed by atoms with van der Waals surface area (Å²) in [7, 11) is 0. The third kappa shape index (κ3) is 5.21. The maximum atomic E-state index is 12.1. The van der Waals surface area contributed by atoms with E-state index in [1.165, 1.54) is 32.1 Å². The fourth-order valence-corrected chi connectivity index (χ4v) is 3.78. The van der Waals surface area contributed by atoms with Gasteiger partial charge in [-0.05, 0) is 31.6 Å². The molecule has 0 aromatic heterocycles. The monoisotopic (exact) mass is 296 g/mol. The molecule has 2 aliphatic carbocycles. The summed E-state index contributed by atoms with van der Waals surface area (Å²) >= 11 is 0. The lowest BCUT2D eigenvalue weighted by Crippen LogP contribution is -2.54. The number of nitrogens with one attached hydrogen (secondary N) is 2. The van der Waals surface area contributed by atoms with Gasteiger partial charge in [-0.2, -0.15) is 0 Å². The van der Waals surface area contributed by atoms with Crippen molar-refractivity contribution in [3.8, 4) is 0 Å². The lowest BCUT2D eigenvalue weighted by atomic mass is 9.79. The second kappa shape index (κ2) is 7.66. The summed E-state index contributed by atoms with van der Waals surface area (Å²) in [6.07, 6.45) is 10.9. The van der Waals surface area contributed by atoms with Gasteiger partial charge in [0.15, 0.2) is 0 Å². The fourth-order valence-electron chi connectivity index (χ4n) is 3.78. The first kappa shape index (κ1) is 16.1. The lowest BCUT2D eigenvalue weighted by Gasteiger charge is -2.37. The molecule has 2 rings (SSSR count). The van der Waals surface area contributed by atoms with E-state index in [4.69, 9.17) is 5.11 Å². The molecule has 0 heterocycles. The van der Waals surface area contributed by atoms with Crippen LogP contribution >= 0.6 is 0 Å². The van der Waals surface area contributed by atoms with E-state index in [1.54, 1.807) is 0 Å². The van der Waals surface area contributed by atoms with Crippen LogP contribution in [0.4, 0.5) is 4.79 Å². The number of carbonyl (C=O) groups is 2. The minimum atomic E-state index is -0.829. The van der Waals surface area contributed by atoms with Crippen LogP contribution in [0.15, 0.2) is 0 Å². The van der Waals surface area contributed by atoms with Gasteiger partial charge >= 0.3 is 12.0 Å². The average Bonchev–Trinajstić information content (AvgIpc) is 2.46. The van der Waals surface area contributed by atoms with Crippen LogP contribution in [0, 0.1) is 5.92 Å². The van der Waals surface area contributed by atoms with Gasteiger partial charge in [-0.3, -0.25) is 4.79 Å². The Morgan fingerprint density at radius 3 is 2.24 bits per heavy atom. The van der Waals surface area contributed by atoms with Crippen molar-refractivity contribution in [2.24, 2.45) is 5.92 Å². The second-order valence-corrected chi connectivity index (χ2v) is 6.75. The molecular formula is C16H28N2O3. The Morgan fingerprint density at radius 1 is 1.00 bits per heavy atom. The molecule has 21 heavy (non-hydrogen) atoms. The van der Waals surface area contributed by atoms with Crippen LogP contribution in [0.5, 0.6) is 0 Å². The standard InChI is InChI=1S/C16H28N2O3/c19-14(20)11-16(9-5-2-6-10-16)18-15(21)17-12-13-7-3-1-4-8-13/h13H,1-12H2,(H,19,20)(H2,17,18,21). The smallest absolute Gasteiger partial charge is 0.315 e. The highest BCUT2D eigenvalue weighted by Crippen LogP contribution is 2.31. The summed E-state index contributed by atoms with van der Waals surface area (Å²) in [6, 6.07) is -0.191. The Morgan fingerprint density at radius 2 is 1.62 bits per heavy atom. The maximum absolute atomic E-state index is 12.1. The van der Waals surface area contributed by atoms with Crippen molar-refractivity contribution in [1.29, 1.82) is 0 Å². The molecule has 2 aliphatic rings. The van der Waals surface area contributed by atoms with E-state index in [1.807, 2.05) is 0 Å². The molecular weight excluding hydrogens is 268 g/mol. The molecule has 2 amide bonds. The van der Waals surface area contributed by atoms with Crippen molar-refractivity contribution < 1.29 is 14.7 Å². The summed E-state index contributed by atoms with van der Waals surface area (Å²) in [5.41, 5.74) is -0.541. The molecule has 2 saturated carbocycles. The number of hydrogen-bond donors (Lipinski definition) is 3. The Hall–Kier alpha value is -1.26. The van der Waals surface area contributed by atoms with Crippen molar-refractivity contribution in [2.75, 3.05) is 6.54 Å². The van der Waals surface area contributed by atoms with E-state index in [2.05, 4.69) is 10.6 Å². The van der Waals surface area contributed by atoms with Gasteiger partial charge in [0.25, 0.3) is 0 Å².